The van der Waals surface area contributed by atoms with Gasteiger partial charge in [-0.15, -0.1) is 0 Å². The molecule has 1 saturated carbocycles. The average Bonchev–Trinajstić information content (AvgIpc) is 2.94. The minimum Gasteiger partial charge on any atom is -0.481 e. The Morgan fingerprint density at radius 3 is 2.48 bits per heavy atom. The van der Waals surface area contributed by atoms with Gasteiger partial charge in [-0.05, 0) is 17.5 Å². The van der Waals surface area contributed by atoms with Crippen molar-refractivity contribution in [1.82, 2.24) is 0 Å². The van der Waals surface area contributed by atoms with Crippen molar-refractivity contribution in [3.05, 3.63) is 34.1 Å². The van der Waals surface area contributed by atoms with Crippen LogP contribution < -0.4 is 5.32 Å². The fraction of sp³-hybridized carbons (Fsp3) is 0.385. The molecule has 2 unspecified atom stereocenters. The highest BCUT2D eigenvalue weighted by molar-refractivity contribution is 5.99. The summed E-state index contributed by atoms with van der Waals surface area (Å²) in [7, 11) is 0. The van der Waals surface area contributed by atoms with Crippen molar-refractivity contribution in [3.8, 4) is 0 Å². The number of benzene rings is 1. The number of nitro groups is 1. The number of nitro benzene ring substituents is 1. The van der Waals surface area contributed by atoms with Crippen LogP contribution in [-0.2, 0) is 9.59 Å². The van der Waals surface area contributed by atoms with E-state index < -0.39 is 45.6 Å². The van der Waals surface area contributed by atoms with E-state index in [0.717, 1.165) is 12.1 Å². The maximum Gasteiger partial charge on any atom is 0.307 e. The summed E-state index contributed by atoms with van der Waals surface area (Å²) in [5.74, 6) is -4.14. The van der Waals surface area contributed by atoms with Gasteiger partial charge < -0.3 is 10.4 Å². The second-order valence-electron chi connectivity index (χ2n) is 5.53. The Balaban J connectivity index is 2.17. The van der Waals surface area contributed by atoms with Gasteiger partial charge in [0.05, 0.1) is 16.8 Å². The number of rotatable bonds is 4. The lowest BCUT2D eigenvalue weighted by atomic mass is 10.1. The smallest absolute Gasteiger partial charge is 0.307 e. The third kappa shape index (κ3) is 2.56. The zero-order chi connectivity index (χ0) is 15.9. The molecule has 0 bridgehead atoms. The van der Waals surface area contributed by atoms with Gasteiger partial charge >= 0.3 is 11.7 Å². The van der Waals surface area contributed by atoms with Gasteiger partial charge in [0.25, 0.3) is 0 Å². The molecule has 0 radical (unpaired) electrons. The van der Waals surface area contributed by atoms with Crippen molar-refractivity contribution in [2.75, 3.05) is 5.32 Å². The summed E-state index contributed by atoms with van der Waals surface area (Å²) in [5.41, 5.74) is -1.38. The zero-order valence-electron chi connectivity index (χ0n) is 11.3. The number of halogens is 1. The lowest BCUT2D eigenvalue weighted by Crippen LogP contribution is -2.17. The lowest BCUT2D eigenvalue weighted by molar-refractivity contribution is -0.387. The number of carbonyl (C=O) groups is 2. The molecule has 112 valence electrons. The molecule has 1 fully saturated rings. The number of amides is 1. The first-order valence-corrected chi connectivity index (χ1v) is 6.14. The Labute approximate surface area is 118 Å². The Bertz CT molecular complexity index is 643. The van der Waals surface area contributed by atoms with Crippen molar-refractivity contribution in [2.24, 2.45) is 17.3 Å². The van der Waals surface area contributed by atoms with E-state index in [1.807, 2.05) is 0 Å². The highest BCUT2D eigenvalue weighted by Crippen LogP contribution is 2.58. The topological polar surface area (TPSA) is 110 Å². The summed E-state index contributed by atoms with van der Waals surface area (Å²) >= 11 is 0. The molecule has 1 aliphatic carbocycles. The van der Waals surface area contributed by atoms with Crippen LogP contribution in [0.2, 0.25) is 0 Å². The van der Waals surface area contributed by atoms with Gasteiger partial charge in [-0.25, -0.2) is 0 Å². The second kappa shape index (κ2) is 4.80. The summed E-state index contributed by atoms with van der Waals surface area (Å²) in [6.45, 7) is 3.31. The molecule has 2 rings (SSSR count). The van der Waals surface area contributed by atoms with E-state index in [4.69, 9.17) is 5.11 Å². The van der Waals surface area contributed by atoms with Crippen LogP contribution in [-0.4, -0.2) is 21.9 Å². The third-order valence-corrected chi connectivity index (χ3v) is 3.79. The molecule has 2 N–H and O–H groups in total. The molecule has 1 aliphatic rings. The molecule has 1 amide bonds. The quantitative estimate of drug-likeness (QED) is 0.652. The number of carbonyl (C=O) groups excluding carboxylic acids is 1. The minimum atomic E-state index is -1.06. The van der Waals surface area contributed by atoms with Crippen LogP contribution in [0, 0.1) is 33.2 Å². The fourth-order valence-corrected chi connectivity index (χ4v) is 2.54. The number of hydrogen-bond donors (Lipinski definition) is 2. The first kappa shape index (κ1) is 14.9. The van der Waals surface area contributed by atoms with Crippen LogP contribution in [0.25, 0.3) is 0 Å². The van der Waals surface area contributed by atoms with Gasteiger partial charge in [-0.3, -0.25) is 19.7 Å². The number of aliphatic carboxylic acids is 1. The monoisotopic (exact) mass is 296 g/mol. The first-order chi connectivity index (χ1) is 9.66. The number of nitrogens with zero attached hydrogens (tertiary/aromatic N) is 1. The molecule has 1 aromatic rings. The summed E-state index contributed by atoms with van der Waals surface area (Å²) in [6.07, 6.45) is 0. The standard InChI is InChI=1S/C13H13FN2O5/c1-13(2)9(10(13)12(18)19)11(17)15-6-3-4-7(14)8(5-6)16(20)21/h3-5,9-10H,1-2H3,(H,15,17)(H,18,19). The van der Waals surface area contributed by atoms with E-state index in [1.165, 1.54) is 6.07 Å². The van der Waals surface area contributed by atoms with Crippen LogP contribution in [0.3, 0.4) is 0 Å². The van der Waals surface area contributed by atoms with Gasteiger partial charge in [0.15, 0.2) is 0 Å². The lowest BCUT2D eigenvalue weighted by Gasteiger charge is -2.06. The molecule has 7 nitrogen and oxygen atoms in total. The second-order valence-corrected chi connectivity index (χ2v) is 5.53. The zero-order valence-corrected chi connectivity index (χ0v) is 11.3. The molecular weight excluding hydrogens is 283 g/mol. The molecule has 8 heteroatoms. The molecular formula is C13H13FN2O5. The molecule has 2 atom stereocenters. The van der Waals surface area contributed by atoms with Crippen LogP contribution in [0.5, 0.6) is 0 Å². The first-order valence-electron chi connectivity index (χ1n) is 6.14. The normalized spacial score (nSPS) is 22.4. The summed E-state index contributed by atoms with van der Waals surface area (Å²) < 4.78 is 13.2. The molecule has 0 spiro atoms. The maximum absolute atomic E-state index is 13.2. The van der Waals surface area contributed by atoms with E-state index in [-0.39, 0.29) is 5.69 Å². The largest absolute Gasteiger partial charge is 0.481 e. The third-order valence-electron chi connectivity index (χ3n) is 3.79. The number of carboxylic acid groups (broad SMARTS) is 1. The van der Waals surface area contributed by atoms with Gasteiger partial charge in [0.2, 0.25) is 11.7 Å². The molecule has 0 aliphatic heterocycles. The van der Waals surface area contributed by atoms with Crippen molar-refractivity contribution in [2.45, 2.75) is 13.8 Å². The van der Waals surface area contributed by atoms with Crippen molar-refractivity contribution < 1.29 is 24.0 Å². The highest BCUT2D eigenvalue weighted by atomic mass is 19.1. The Kier molecular flexibility index (Phi) is 3.40. The van der Waals surface area contributed by atoms with Crippen molar-refractivity contribution in [3.63, 3.8) is 0 Å². The van der Waals surface area contributed by atoms with Crippen LogP contribution in [0.4, 0.5) is 15.8 Å². The van der Waals surface area contributed by atoms with Gasteiger partial charge in [-0.1, -0.05) is 13.8 Å². The summed E-state index contributed by atoms with van der Waals surface area (Å²) in [6, 6.07) is 2.96. The van der Waals surface area contributed by atoms with Gasteiger partial charge in [0, 0.05) is 11.8 Å². The van der Waals surface area contributed by atoms with E-state index in [9.17, 15) is 24.1 Å². The van der Waals surface area contributed by atoms with Crippen molar-refractivity contribution >= 4 is 23.3 Å². The van der Waals surface area contributed by atoms with Crippen LogP contribution in [0.15, 0.2) is 18.2 Å². The summed E-state index contributed by atoms with van der Waals surface area (Å²) in [4.78, 5) is 32.8. The van der Waals surface area contributed by atoms with E-state index in [2.05, 4.69) is 5.32 Å². The van der Waals surface area contributed by atoms with Gasteiger partial charge in [-0.2, -0.15) is 4.39 Å². The Morgan fingerprint density at radius 1 is 1.38 bits per heavy atom. The molecule has 0 heterocycles. The Hall–Kier alpha value is -2.51. The van der Waals surface area contributed by atoms with E-state index in [1.54, 1.807) is 13.8 Å². The minimum absolute atomic E-state index is 0.0555. The highest BCUT2D eigenvalue weighted by Gasteiger charge is 2.65. The Morgan fingerprint density at radius 2 is 2.00 bits per heavy atom. The SMILES string of the molecule is CC1(C)C(C(=O)O)C1C(=O)Nc1ccc(F)c([N+](=O)[O-])c1. The van der Waals surface area contributed by atoms with Crippen LogP contribution >= 0.6 is 0 Å². The average molecular weight is 296 g/mol. The number of anilines is 1. The molecule has 1 aromatic carbocycles. The number of nitrogens with one attached hydrogen (secondary N) is 1. The molecule has 0 aromatic heterocycles. The summed E-state index contributed by atoms with van der Waals surface area (Å²) in [5, 5.41) is 22.0. The van der Waals surface area contributed by atoms with Gasteiger partial charge in [0.1, 0.15) is 0 Å². The van der Waals surface area contributed by atoms with E-state index >= 15 is 0 Å². The molecule has 0 saturated heterocycles. The number of carboxylic acids is 1. The van der Waals surface area contributed by atoms with E-state index in [0.29, 0.717) is 0 Å². The molecule has 21 heavy (non-hydrogen) atoms. The fourth-order valence-electron chi connectivity index (χ4n) is 2.54. The number of hydrogen-bond acceptors (Lipinski definition) is 4. The predicted molar refractivity (Wildman–Crippen MR) is 70.1 cm³/mol. The predicted octanol–water partition coefficient (Wildman–Crippen LogP) is 2.03. The van der Waals surface area contributed by atoms with Crippen molar-refractivity contribution in [1.29, 1.82) is 0 Å². The van der Waals surface area contributed by atoms with Crippen LogP contribution in [0.1, 0.15) is 13.8 Å². The maximum atomic E-state index is 13.2.